The predicted molar refractivity (Wildman–Crippen MR) is 65.0 cm³/mol. The van der Waals surface area contributed by atoms with E-state index < -0.39 is 0 Å². The summed E-state index contributed by atoms with van der Waals surface area (Å²) < 4.78 is 0. The van der Waals surface area contributed by atoms with Gasteiger partial charge in [-0.1, -0.05) is 51.0 Å². The fourth-order valence-electron chi connectivity index (χ4n) is 1.45. The van der Waals surface area contributed by atoms with Crippen LogP contribution in [-0.4, -0.2) is 0 Å². The Morgan fingerprint density at radius 1 is 1.50 bits per heavy atom. The smallest absolute Gasteiger partial charge is 0.0245 e. The van der Waals surface area contributed by atoms with Crippen LogP contribution in [-0.2, 0) is 0 Å². The molecule has 0 amide bonds. The van der Waals surface area contributed by atoms with Crippen molar-refractivity contribution in [1.82, 2.24) is 0 Å². The van der Waals surface area contributed by atoms with Crippen molar-refractivity contribution in [3.63, 3.8) is 0 Å². The summed E-state index contributed by atoms with van der Waals surface area (Å²) in [6.07, 6.45) is 5.20. The summed E-state index contributed by atoms with van der Waals surface area (Å²) in [4.78, 5) is 0. The second kappa shape index (κ2) is 7.44. The standard InChI is InChI=1S/C14H22/c1-6-9-14(10-12(4)7-2)11-13(5)8-3/h7,13-14H,2,4,8,10-11H2,1,3,5H3. The lowest BCUT2D eigenvalue weighted by atomic mass is 9.90. The monoisotopic (exact) mass is 190 g/mol. The lowest BCUT2D eigenvalue weighted by Gasteiger charge is -2.15. The quantitative estimate of drug-likeness (QED) is 0.435. The molecule has 0 aliphatic heterocycles. The molecule has 0 radical (unpaired) electrons. The Morgan fingerprint density at radius 3 is 2.57 bits per heavy atom. The molecule has 0 saturated heterocycles. The third kappa shape index (κ3) is 5.65. The predicted octanol–water partition coefficient (Wildman–Crippen LogP) is 4.19. The first-order valence-corrected chi connectivity index (χ1v) is 5.36. The van der Waals surface area contributed by atoms with Crippen molar-refractivity contribution >= 4 is 0 Å². The minimum absolute atomic E-state index is 0.459. The zero-order valence-electron chi connectivity index (χ0n) is 9.77. The average Bonchev–Trinajstić information content (AvgIpc) is 2.17. The third-order valence-electron chi connectivity index (χ3n) is 2.53. The van der Waals surface area contributed by atoms with Crippen molar-refractivity contribution in [1.29, 1.82) is 0 Å². The summed E-state index contributed by atoms with van der Waals surface area (Å²) in [6.45, 7) is 14.1. The highest BCUT2D eigenvalue weighted by Gasteiger charge is 2.09. The number of rotatable bonds is 6. The van der Waals surface area contributed by atoms with Gasteiger partial charge < -0.3 is 0 Å². The molecular weight excluding hydrogens is 168 g/mol. The van der Waals surface area contributed by atoms with Crippen LogP contribution >= 0.6 is 0 Å². The van der Waals surface area contributed by atoms with Crippen LogP contribution < -0.4 is 0 Å². The Morgan fingerprint density at radius 2 is 2.14 bits per heavy atom. The van der Waals surface area contributed by atoms with E-state index in [0.29, 0.717) is 5.92 Å². The summed E-state index contributed by atoms with van der Waals surface area (Å²) in [5.41, 5.74) is 1.10. The minimum atomic E-state index is 0.459. The average molecular weight is 190 g/mol. The van der Waals surface area contributed by atoms with Gasteiger partial charge in [0.1, 0.15) is 0 Å². The van der Waals surface area contributed by atoms with Crippen LogP contribution in [0.1, 0.15) is 40.0 Å². The van der Waals surface area contributed by atoms with Crippen LogP contribution in [0.3, 0.4) is 0 Å². The van der Waals surface area contributed by atoms with E-state index in [1.807, 2.05) is 13.0 Å². The zero-order chi connectivity index (χ0) is 11.0. The number of allylic oxidation sites excluding steroid dienone is 2. The largest absolute Gasteiger partial charge is 0.106 e. The second-order valence-corrected chi connectivity index (χ2v) is 3.91. The molecule has 0 heteroatoms. The fourth-order valence-corrected chi connectivity index (χ4v) is 1.45. The topological polar surface area (TPSA) is 0 Å². The molecule has 0 aromatic heterocycles. The van der Waals surface area contributed by atoms with Gasteiger partial charge in [0, 0.05) is 5.92 Å². The third-order valence-corrected chi connectivity index (χ3v) is 2.53. The molecule has 0 spiro atoms. The molecule has 0 saturated carbocycles. The summed E-state index contributed by atoms with van der Waals surface area (Å²) in [5.74, 6) is 7.46. The Balaban J connectivity index is 4.19. The molecule has 14 heavy (non-hydrogen) atoms. The van der Waals surface area contributed by atoms with Crippen molar-refractivity contribution in [2.45, 2.75) is 40.0 Å². The van der Waals surface area contributed by atoms with Gasteiger partial charge in [-0.25, -0.2) is 0 Å². The van der Waals surface area contributed by atoms with Crippen LogP contribution in [0.4, 0.5) is 0 Å². The van der Waals surface area contributed by atoms with E-state index in [1.54, 1.807) is 0 Å². The number of hydrogen-bond donors (Lipinski definition) is 0. The van der Waals surface area contributed by atoms with Crippen molar-refractivity contribution < 1.29 is 0 Å². The van der Waals surface area contributed by atoms with Gasteiger partial charge in [-0.15, -0.1) is 5.92 Å². The van der Waals surface area contributed by atoms with Crippen LogP contribution in [0.2, 0.25) is 0 Å². The lowest BCUT2D eigenvalue weighted by Crippen LogP contribution is -2.04. The lowest BCUT2D eigenvalue weighted by molar-refractivity contribution is 0.443. The van der Waals surface area contributed by atoms with E-state index in [1.165, 1.54) is 12.8 Å². The van der Waals surface area contributed by atoms with E-state index >= 15 is 0 Å². The fraction of sp³-hybridized carbons (Fsp3) is 0.571. The summed E-state index contributed by atoms with van der Waals surface area (Å²) in [5, 5.41) is 0. The molecule has 0 heterocycles. The van der Waals surface area contributed by atoms with Crippen LogP contribution in [0.15, 0.2) is 24.8 Å². The normalized spacial score (nSPS) is 13.6. The van der Waals surface area contributed by atoms with Gasteiger partial charge in [-0.3, -0.25) is 0 Å². The molecule has 0 aliphatic rings. The van der Waals surface area contributed by atoms with Gasteiger partial charge in [0.25, 0.3) is 0 Å². The van der Waals surface area contributed by atoms with Crippen molar-refractivity contribution in [3.8, 4) is 11.8 Å². The highest BCUT2D eigenvalue weighted by Crippen LogP contribution is 2.20. The van der Waals surface area contributed by atoms with Gasteiger partial charge in [0.15, 0.2) is 0 Å². The van der Waals surface area contributed by atoms with Gasteiger partial charge >= 0.3 is 0 Å². The van der Waals surface area contributed by atoms with Gasteiger partial charge in [0.2, 0.25) is 0 Å². The Labute approximate surface area is 89.1 Å². The second-order valence-electron chi connectivity index (χ2n) is 3.91. The van der Waals surface area contributed by atoms with E-state index in [-0.39, 0.29) is 0 Å². The number of hydrogen-bond acceptors (Lipinski definition) is 0. The maximum atomic E-state index is 3.94. The Bertz CT molecular complexity index is 236. The maximum Gasteiger partial charge on any atom is 0.0245 e. The van der Waals surface area contributed by atoms with Crippen molar-refractivity contribution in [2.24, 2.45) is 11.8 Å². The molecule has 2 atom stereocenters. The van der Waals surface area contributed by atoms with Crippen LogP contribution in [0.25, 0.3) is 0 Å². The molecule has 0 rings (SSSR count). The summed E-state index contributed by atoms with van der Waals surface area (Å²) in [7, 11) is 0. The molecule has 0 bridgehead atoms. The first-order chi connectivity index (χ1) is 6.63. The van der Waals surface area contributed by atoms with Crippen molar-refractivity contribution in [2.75, 3.05) is 0 Å². The van der Waals surface area contributed by atoms with Crippen LogP contribution in [0, 0.1) is 23.7 Å². The molecule has 0 nitrogen and oxygen atoms in total. The summed E-state index contributed by atoms with van der Waals surface area (Å²) in [6, 6.07) is 0. The minimum Gasteiger partial charge on any atom is -0.106 e. The van der Waals surface area contributed by atoms with Gasteiger partial charge in [-0.05, 0) is 25.7 Å². The van der Waals surface area contributed by atoms with E-state index in [9.17, 15) is 0 Å². The molecule has 0 fully saturated rings. The molecule has 0 aromatic carbocycles. The first kappa shape index (κ1) is 13.0. The summed E-state index contributed by atoms with van der Waals surface area (Å²) >= 11 is 0. The van der Waals surface area contributed by atoms with Crippen molar-refractivity contribution in [3.05, 3.63) is 24.8 Å². The van der Waals surface area contributed by atoms with E-state index in [0.717, 1.165) is 17.9 Å². The molecule has 0 N–H and O–H groups in total. The maximum absolute atomic E-state index is 3.94. The Hall–Kier alpha value is -0.960. The molecule has 78 valence electrons. The highest BCUT2D eigenvalue weighted by molar-refractivity contribution is 5.15. The van der Waals surface area contributed by atoms with E-state index in [2.05, 4.69) is 38.8 Å². The molecule has 0 aliphatic carbocycles. The van der Waals surface area contributed by atoms with Gasteiger partial charge in [-0.2, -0.15) is 0 Å². The van der Waals surface area contributed by atoms with Crippen LogP contribution in [0.5, 0.6) is 0 Å². The highest BCUT2D eigenvalue weighted by atomic mass is 14.1. The molecule has 2 unspecified atom stereocenters. The SMILES string of the molecule is C=CC(=C)CC(C#CC)CC(C)CC. The Kier molecular flexibility index (Phi) is 6.93. The molecule has 0 aromatic rings. The molecular formula is C14H22. The van der Waals surface area contributed by atoms with Gasteiger partial charge in [0.05, 0.1) is 0 Å². The van der Waals surface area contributed by atoms with E-state index in [4.69, 9.17) is 0 Å². The zero-order valence-corrected chi connectivity index (χ0v) is 9.77. The first-order valence-electron chi connectivity index (χ1n) is 5.36.